The van der Waals surface area contributed by atoms with Crippen molar-refractivity contribution in [3.8, 4) is 0 Å². The Labute approximate surface area is 94.2 Å². The maximum Gasteiger partial charge on any atom is 0.224 e. The number of aromatic nitrogens is 3. The fraction of sp³-hybridized carbons (Fsp3) is 0.700. The van der Waals surface area contributed by atoms with Crippen LogP contribution in [0.4, 0.5) is 0 Å². The van der Waals surface area contributed by atoms with E-state index in [1.54, 1.807) is 0 Å². The number of H-pyrrole nitrogens is 1. The molecule has 1 unspecified atom stereocenters. The molecule has 1 fully saturated rings. The van der Waals surface area contributed by atoms with E-state index in [4.69, 9.17) is 0 Å². The Kier molecular flexibility index (Phi) is 3.87. The molecule has 3 N–H and O–H groups in total. The second-order valence-electron chi connectivity index (χ2n) is 4.02. The quantitative estimate of drug-likeness (QED) is 0.586. The van der Waals surface area contributed by atoms with E-state index in [1.807, 2.05) is 0 Å². The number of nitrogens with one attached hydrogen (secondary N) is 3. The number of amides is 1. The van der Waals surface area contributed by atoms with Gasteiger partial charge in [0.1, 0.15) is 12.2 Å². The molecule has 16 heavy (non-hydrogen) atoms. The summed E-state index contributed by atoms with van der Waals surface area (Å²) < 4.78 is 0. The average molecular weight is 223 g/mol. The van der Waals surface area contributed by atoms with E-state index >= 15 is 0 Å². The molecule has 2 heterocycles. The second kappa shape index (κ2) is 5.60. The molecule has 0 saturated carbocycles. The lowest BCUT2D eigenvalue weighted by atomic mass is 10.1. The first kappa shape index (κ1) is 11.1. The van der Waals surface area contributed by atoms with Crippen molar-refractivity contribution in [2.45, 2.75) is 19.3 Å². The minimum absolute atomic E-state index is 0.158. The molecule has 1 aliphatic rings. The summed E-state index contributed by atoms with van der Waals surface area (Å²) in [7, 11) is 0. The highest BCUT2D eigenvalue weighted by molar-refractivity contribution is 5.79. The van der Waals surface area contributed by atoms with Crippen molar-refractivity contribution in [1.82, 2.24) is 25.8 Å². The van der Waals surface area contributed by atoms with Gasteiger partial charge in [0.2, 0.25) is 5.91 Å². The van der Waals surface area contributed by atoms with Crippen LogP contribution in [0.1, 0.15) is 18.7 Å². The van der Waals surface area contributed by atoms with Gasteiger partial charge in [-0.25, -0.2) is 4.98 Å². The third kappa shape index (κ3) is 3.03. The molecule has 1 atom stereocenters. The van der Waals surface area contributed by atoms with Crippen molar-refractivity contribution < 1.29 is 4.79 Å². The van der Waals surface area contributed by atoms with Crippen LogP contribution in [0.3, 0.4) is 0 Å². The van der Waals surface area contributed by atoms with Crippen LogP contribution in [0.25, 0.3) is 0 Å². The van der Waals surface area contributed by atoms with Gasteiger partial charge in [-0.15, -0.1) is 0 Å². The summed E-state index contributed by atoms with van der Waals surface area (Å²) in [5.41, 5.74) is 0. The van der Waals surface area contributed by atoms with E-state index in [2.05, 4.69) is 25.8 Å². The van der Waals surface area contributed by atoms with Crippen molar-refractivity contribution in [1.29, 1.82) is 0 Å². The molecule has 6 nitrogen and oxygen atoms in total. The smallest absolute Gasteiger partial charge is 0.224 e. The Morgan fingerprint density at radius 1 is 1.62 bits per heavy atom. The van der Waals surface area contributed by atoms with Crippen molar-refractivity contribution in [2.24, 2.45) is 5.92 Å². The van der Waals surface area contributed by atoms with E-state index in [-0.39, 0.29) is 11.8 Å². The molecule has 1 aliphatic heterocycles. The zero-order valence-electron chi connectivity index (χ0n) is 9.20. The zero-order valence-corrected chi connectivity index (χ0v) is 9.20. The van der Waals surface area contributed by atoms with Crippen LogP contribution in [-0.2, 0) is 11.2 Å². The van der Waals surface area contributed by atoms with Gasteiger partial charge in [0.25, 0.3) is 0 Å². The summed E-state index contributed by atoms with van der Waals surface area (Å²) in [6.45, 7) is 2.47. The van der Waals surface area contributed by atoms with E-state index in [0.717, 1.165) is 38.2 Å². The molecule has 0 aliphatic carbocycles. The maximum atomic E-state index is 11.6. The first-order chi connectivity index (χ1) is 7.86. The third-order valence-corrected chi connectivity index (χ3v) is 2.79. The van der Waals surface area contributed by atoms with Gasteiger partial charge in [0, 0.05) is 19.5 Å². The molecule has 1 aromatic rings. The fourth-order valence-corrected chi connectivity index (χ4v) is 1.84. The number of hydrogen-bond acceptors (Lipinski definition) is 4. The molecule has 0 bridgehead atoms. The summed E-state index contributed by atoms with van der Waals surface area (Å²) in [5, 5.41) is 12.7. The summed E-state index contributed by atoms with van der Waals surface area (Å²) in [6.07, 6.45) is 4.16. The molecule has 0 spiro atoms. The molecule has 1 aromatic heterocycles. The Balaban J connectivity index is 1.59. The number of carbonyl (C=O) groups is 1. The minimum Gasteiger partial charge on any atom is -0.356 e. The SMILES string of the molecule is O=C(NCCCc1ncn[nH]1)C1CCNC1. The molecule has 6 heteroatoms. The Morgan fingerprint density at radius 3 is 3.25 bits per heavy atom. The van der Waals surface area contributed by atoms with Crippen LogP contribution in [0.2, 0.25) is 0 Å². The minimum atomic E-state index is 0.158. The topological polar surface area (TPSA) is 82.7 Å². The molecule has 88 valence electrons. The molecular formula is C10H17N5O. The molecule has 2 rings (SSSR count). The fourth-order valence-electron chi connectivity index (χ4n) is 1.84. The maximum absolute atomic E-state index is 11.6. The van der Waals surface area contributed by atoms with Crippen LogP contribution in [0, 0.1) is 5.92 Å². The number of aromatic amines is 1. The molecule has 1 saturated heterocycles. The van der Waals surface area contributed by atoms with Gasteiger partial charge in [0.05, 0.1) is 5.92 Å². The van der Waals surface area contributed by atoms with E-state index in [0.29, 0.717) is 6.54 Å². The average Bonchev–Trinajstić information content (AvgIpc) is 2.96. The lowest BCUT2D eigenvalue weighted by Gasteiger charge is -2.08. The third-order valence-electron chi connectivity index (χ3n) is 2.79. The zero-order chi connectivity index (χ0) is 11.2. The van der Waals surface area contributed by atoms with Gasteiger partial charge in [-0.2, -0.15) is 5.10 Å². The number of hydrogen-bond donors (Lipinski definition) is 3. The monoisotopic (exact) mass is 223 g/mol. The summed E-state index contributed by atoms with van der Waals surface area (Å²) in [4.78, 5) is 15.6. The summed E-state index contributed by atoms with van der Waals surface area (Å²) >= 11 is 0. The highest BCUT2D eigenvalue weighted by atomic mass is 16.1. The number of carbonyl (C=O) groups excluding carboxylic acids is 1. The van der Waals surface area contributed by atoms with Gasteiger partial charge >= 0.3 is 0 Å². The first-order valence-electron chi connectivity index (χ1n) is 5.69. The lowest BCUT2D eigenvalue weighted by Crippen LogP contribution is -2.32. The van der Waals surface area contributed by atoms with Crippen LogP contribution in [-0.4, -0.2) is 40.7 Å². The first-order valence-corrected chi connectivity index (χ1v) is 5.69. The van der Waals surface area contributed by atoms with Gasteiger partial charge in [-0.1, -0.05) is 0 Å². The van der Waals surface area contributed by atoms with Crippen molar-refractivity contribution in [3.05, 3.63) is 12.2 Å². The number of aryl methyl sites for hydroxylation is 1. The lowest BCUT2D eigenvalue weighted by molar-refractivity contribution is -0.124. The van der Waals surface area contributed by atoms with Gasteiger partial charge < -0.3 is 10.6 Å². The standard InChI is InChI=1S/C10H17N5O/c16-10(8-3-5-11-6-8)12-4-1-2-9-13-7-14-15-9/h7-8,11H,1-6H2,(H,12,16)(H,13,14,15). The normalized spacial score (nSPS) is 19.9. The van der Waals surface area contributed by atoms with Gasteiger partial charge in [0.15, 0.2) is 0 Å². The highest BCUT2D eigenvalue weighted by Gasteiger charge is 2.21. The second-order valence-corrected chi connectivity index (χ2v) is 4.02. The van der Waals surface area contributed by atoms with E-state index in [9.17, 15) is 4.79 Å². The van der Waals surface area contributed by atoms with Crippen LogP contribution < -0.4 is 10.6 Å². The molecular weight excluding hydrogens is 206 g/mol. The Hall–Kier alpha value is -1.43. The highest BCUT2D eigenvalue weighted by Crippen LogP contribution is 2.06. The predicted octanol–water partition coefficient (Wildman–Crippen LogP) is -0.537. The van der Waals surface area contributed by atoms with E-state index in [1.165, 1.54) is 6.33 Å². The summed E-state index contributed by atoms with van der Waals surface area (Å²) in [5.74, 6) is 1.20. The van der Waals surface area contributed by atoms with Gasteiger partial charge in [-0.05, 0) is 19.4 Å². The number of rotatable bonds is 5. The Morgan fingerprint density at radius 2 is 2.56 bits per heavy atom. The van der Waals surface area contributed by atoms with Crippen molar-refractivity contribution in [2.75, 3.05) is 19.6 Å². The van der Waals surface area contributed by atoms with Crippen LogP contribution in [0.5, 0.6) is 0 Å². The molecule has 0 aromatic carbocycles. The van der Waals surface area contributed by atoms with Crippen LogP contribution in [0.15, 0.2) is 6.33 Å². The molecule has 0 radical (unpaired) electrons. The van der Waals surface area contributed by atoms with Crippen molar-refractivity contribution in [3.63, 3.8) is 0 Å². The number of nitrogens with zero attached hydrogens (tertiary/aromatic N) is 2. The summed E-state index contributed by atoms with van der Waals surface area (Å²) in [6, 6.07) is 0. The van der Waals surface area contributed by atoms with Crippen LogP contribution >= 0.6 is 0 Å². The Bertz CT molecular complexity index is 318. The predicted molar refractivity (Wildman–Crippen MR) is 58.7 cm³/mol. The van der Waals surface area contributed by atoms with Crippen molar-refractivity contribution >= 4 is 5.91 Å². The largest absolute Gasteiger partial charge is 0.356 e. The molecule has 1 amide bonds. The van der Waals surface area contributed by atoms with E-state index < -0.39 is 0 Å². The van der Waals surface area contributed by atoms with Gasteiger partial charge in [-0.3, -0.25) is 9.89 Å².